The zero-order valence-electron chi connectivity index (χ0n) is 29.5. The third kappa shape index (κ3) is 5.60. The van der Waals surface area contributed by atoms with E-state index < -0.39 is 0 Å². The van der Waals surface area contributed by atoms with Crippen LogP contribution in [-0.4, -0.2) is 9.55 Å². The van der Waals surface area contributed by atoms with Gasteiger partial charge in [-0.25, -0.2) is 0 Å². The van der Waals surface area contributed by atoms with Crippen molar-refractivity contribution in [2.75, 3.05) is 4.90 Å². The Kier molecular flexibility index (Phi) is 7.81. The van der Waals surface area contributed by atoms with Crippen LogP contribution in [0.25, 0.3) is 71.6 Å². The average molecular weight is 690 g/mol. The highest BCUT2D eigenvalue weighted by Gasteiger charge is 2.16. The molecule has 0 N–H and O–H groups in total. The van der Waals surface area contributed by atoms with Crippen LogP contribution in [0.1, 0.15) is 0 Å². The van der Waals surface area contributed by atoms with Gasteiger partial charge in [0, 0.05) is 45.9 Å². The van der Waals surface area contributed by atoms with Crippen molar-refractivity contribution in [3.63, 3.8) is 0 Å². The van der Waals surface area contributed by atoms with Gasteiger partial charge in [-0.1, -0.05) is 121 Å². The predicted octanol–water partition coefficient (Wildman–Crippen LogP) is 13.8. The summed E-state index contributed by atoms with van der Waals surface area (Å²) in [7, 11) is 0. The lowest BCUT2D eigenvalue weighted by molar-refractivity contribution is 1.18. The SMILES string of the molecule is c1ccc(-n2c3ccccc3c3cc(-c4ccc(N(c5ccc(-c6ccncc6)cc5)c5ccc(-c6cccc7ccccc67)cc5)cc4)ccc32)cc1. The zero-order chi connectivity index (χ0) is 35.8. The van der Waals surface area contributed by atoms with E-state index in [1.807, 2.05) is 24.5 Å². The summed E-state index contributed by atoms with van der Waals surface area (Å²) in [5.41, 5.74) is 14.0. The topological polar surface area (TPSA) is 21.1 Å². The first-order valence-electron chi connectivity index (χ1n) is 18.4. The summed E-state index contributed by atoms with van der Waals surface area (Å²) in [4.78, 5) is 6.54. The van der Waals surface area contributed by atoms with Crippen molar-refractivity contribution >= 4 is 49.6 Å². The van der Waals surface area contributed by atoms with Crippen LogP contribution in [0, 0.1) is 0 Å². The minimum absolute atomic E-state index is 1.09. The van der Waals surface area contributed by atoms with E-state index in [-0.39, 0.29) is 0 Å². The number of hydrogen-bond donors (Lipinski definition) is 0. The Hall–Kier alpha value is -7.23. The third-order valence-corrected chi connectivity index (χ3v) is 10.5. The lowest BCUT2D eigenvalue weighted by Crippen LogP contribution is -2.09. The molecular weight excluding hydrogens is 655 g/mol. The monoisotopic (exact) mass is 689 g/mol. The van der Waals surface area contributed by atoms with E-state index in [1.165, 1.54) is 60.5 Å². The molecule has 3 heteroatoms. The van der Waals surface area contributed by atoms with Crippen LogP contribution in [0.4, 0.5) is 17.1 Å². The first-order valence-corrected chi connectivity index (χ1v) is 18.4. The molecule has 0 spiro atoms. The minimum atomic E-state index is 1.09. The molecule has 254 valence electrons. The molecule has 2 heterocycles. The molecule has 0 saturated heterocycles. The molecule has 10 aromatic rings. The number of fused-ring (bicyclic) bond motifs is 4. The van der Waals surface area contributed by atoms with E-state index in [2.05, 4.69) is 203 Å². The van der Waals surface area contributed by atoms with Crippen LogP contribution in [0.2, 0.25) is 0 Å². The molecular formula is C51H35N3. The van der Waals surface area contributed by atoms with Crippen molar-refractivity contribution in [2.24, 2.45) is 0 Å². The normalized spacial score (nSPS) is 11.3. The highest BCUT2D eigenvalue weighted by atomic mass is 15.1. The molecule has 0 radical (unpaired) electrons. The second kappa shape index (κ2) is 13.4. The molecule has 10 rings (SSSR count). The van der Waals surface area contributed by atoms with E-state index in [0.29, 0.717) is 0 Å². The van der Waals surface area contributed by atoms with Crippen molar-refractivity contribution in [1.82, 2.24) is 9.55 Å². The summed E-state index contributed by atoms with van der Waals surface area (Å²) in [6.07, 6.45) is 3.68. The molecule has 8 aromatic carbocycles. The van der Waals surface area contributed by atoms with E-state index in [0.717, 1.165) is 28.2 Å². The largest absolute Gasteiger partial charge is 0.311 e. The van der Waals surface area contributed by atoms with E-state index >= 15 is 0 Å². The molecule has 0 aliphatic rings. The molecule has 0 amide bonds. The van der Waals surface area contributed by atoms with Crippen LogP contribution < -0.4 is 4.90 Å². The van der Waals surface area contributed by atoms with Crippen molar-refractivity contribution in [3.05, 3.63) is 213 Å². The fourth-order valence-electron chi connectivity index (χ4n) is 7.87. The van der Waals surface area contributed by atoms with Gasteiger partial charge in [0.25, 0.3) is 0 Å². The van der Waals surface area contributed by atoms with Crippen molar-refractivity contribution < 1.29 is 0 Å². The molecule has 0 fully saturated rings. The summed E-state index contributed by atoms with van der Waals surface area (Å²) < 4.78 is 2.36. The van der Waals surface area contributed by atoms with Crippen LogP contribution in [0.5, 0.6) is 0 Å². The highest BCUT2D eigenvalue weighted by molar-refractivity contribution is 6.10. The van der Waals surface area contributed by atoms with Crippen molar-refractivity contribution in [3.8, 4) is 39.1 Å². The van der Waals surface area contributed by atoms with Gasteiger partial charge in [0.05, 0.1) is 11.0 Å². The van der Waals surface area contributed by atoms with E-state index in [1.54, 1.807) is 0 Å². The number of aromatic nitrogens is 2. The van der Waals surface area contributed by atoms with Gasteiger partial charge < -0.3 is 9.47 Å². The molecule has 0 saturated carbocycles. The molecule has 0 bridgehead atoms. The lowest BCUT2D eigenvalue weighted by atomic mass is 9.98. The van der Waals surface area contributed by atoms with Gasteiger partial charge in [-0.3, -0.25) is 4.98 Å². The summed E-state index contributed by atoms with van der Waals surface area (Å²) in [6, 6.07) is 72.1. The van der Waals surface area contributed by atoms with Crippen LogP contribution >= 0.6 is 0 Å². The van der Waals surface area contributed by atoms with Crippen molar-refractivity contribution in [2.45, 2.75) is 0 Å². The second-order valence-electron chi connectivity index (χ2n) is 13.7. The summed E-state index contributed by atoms with van der Waals surface area (Å²) in [5, 5.41) is 5.01. The molecule has 54 heavy (non-hydrogen) atoms. The van der Waals surface area contributed by atoms with Crippen LogP contribution in [0.3, 0.4) is 0 Å². The number of hydrogen-bond acceptors (Lipinski definition) is 2. The second-order valence-corrected chi connectivity index (χ2v) is 13.7. The Morgan fingerprint density at radius 1 is 0.352 bits per heavy atom. The molecule has 3 nitrogen and oxygen atoms in total. The molecule has 0 unspecified atom stereocenters. The summed E-state index contributed by atoms with van der Waals surface area (Å²) >= 11 is 0. The Balaban J connectivity index is 1.04. The quantitative estimate of drug-likeness (QED) is 0.166. The fourth-order valence-corrected chi connectivity index (χ4v) is 7.87. The first-order chi connectivity index (χ1) is 26.8. The predicted molar refractivity (Wildman–Crippen MR) is 227 cm³/mol. The zero-order valence-corrected chi connectivity index (χ0v) is 29.5. The van der Waals surface area contributed by atoms with Gasteiger partial charge >= 0.3 is 0 Å². The Morgan fingerprint density at radius 3 is 1.57 bits per heavy atom. The molecule has 0 aliphatic carbocycles. The van der Waals surface area contributed by atoms with Gasteiger partial charge in [-0.15, -0.1) is 0 Å². The van der Waals surface area contributed by atoms with Gasteiger partial charge in [0.1, 0.15) is 0 Å². The van der Waals surface area contributed by atoms with Gasteiger partial charge in [0.15, 0.2) is 0 Å². The van der Waals surface area contributed by atoms with Crippen molar-refractivity contribution in [1.29, 1.82) is 0 Å². The number of anilines is 3. The molecule has 2 aromatic heterocycles. The number of benzene rings is 8. The lowest BCUT2D eigenvalue weighted by Gasteiger charge is -2.26. The smallest absolute Gasteiger partial charge is 0.0541 e. The maximum atomic E-state index is 4.20. The first kappa shape index (κ1) is 31.5. The number of para-hydroxylation sites is 2. The molecule has 0 atom stereocenters. The maximum Gasteiger partial charge on any atom is 0.0541 e. The highest BCUT2D eigenvalue weighted by Crippen LogP contribution is 2.40. The van der Waals surface area contributed by atoms with Gasteiger partial charge in [-0.2, -0.15) is 0 Å². The van der Waals surface area contributed by atoms with E-state index in [4.69, 9.17) is 0 Å². The maximum absolute atomic E-state index is 4.20. The van der Waals surface area contributed by atoms with Gasteiger partial charge in [-0.05, 0) is 123 Å². The number of rotatable bonds is 7. The number of nitrogens with zero attached hydrogens (tertiary/aromatic N) is 3. The average Bonchev–Trinajstić information content (AvgIpc) is 3.59. The fraction of sp³-hybridized carbons (Fsp3) is 0. The Morgan fingerprint density at radius 2 is 0.870 bits per heavy atom. The Labute approximate surface area is 314 Å². The summed E-state index contributed by atoms with van der Waals surface area (Å²) in [6.45, 7) is 0. The summed E-state index contributed by atoms with van der Waals surface area (Å²) in [5.74, 6) is 0. The van der Waals surface area contributed by atoms with Crippen LogP contribution in [0.15, 0.2) is 213 Å². The van der Waals surface area contributed by atoms with E-state index in [9.17, 15) is 0 Å². The third-order valence-electron chi connectivity index (χ3n) is 10.5. The van der Waals surface area contributed by atoms with Gasteiger partial charge in [0.2, 0.25) is 0 Å². The standard InChI is InChI=1S/C51H35N3/c1-2-11-42(12-3-1)54-50-16-7-6-14-48(50)49-35-41(23-30-51(49)54)37-19-26-44(27-20-37)53(43-24-17-36(18-25-43)38-31-33-52-34-32-38)45-28-21-40(22-29-45)47-15-8-10-39-9-4-5-13-46(39)47/h1-35H. The van der Waals surface area contributed by atoms with Crippen LogP contribution in [-0.2, 0) is 0 Å². The minimum Gasteiger partial charge on any atom is -0.311 e. The Bertz CT molecular complexity index is 2890. The number of pyridine rings is 1. The molecule has 0 aliphatic heterocycles.